The van der Waals surface area contributed by atoms with E-state index in [0.717, 1.165) is 10.3 Å². The van der Waals surface area contributed by atoms with Crippen molar-refractivity contribution in [2.24, 2.45) is 7.05 Å². The summed E-state index contributed by atoms with van der Waals surface area (Å²) < 4.78 is 8.36. The molecule has 0 aliphatic carbocycles. The number of ether oxygens (including phenoxy) is 1. The molecule has 0 fully saturated rings. The van der Waals surface area contributed by atoms with Gasteiger partial charge in [0.05, 0.1) is 6.54 Å². The standard InChI is InChI=1S/C14H16BrN3O2/c1-10(20-12-5-3-4-11(15)8-12)14(19)17-9-13-16-6-7-18(13)2/h3-8,10H,9H2,1-2H3,(H,17,19). The summed E-state index contributed by atoms with van der Waals surface area (Å²) in [5.74, 6) is 1.28. The van der Waals surface area contributed by atoms with Gasteiger partial charge in [-0.25, -0.2) is 4.98 Å². The van der Waals surface area contributed by atoms with Gasteiger partial charge >= 0.3 is 0 Å². The second kappa shape index (κ2) is 6.56. The summed E-state index contributed by atoms with van der Waals surface area (Å²) in [6.45, 7) is 2.10. The molecule has 2 rings (SSSR count). The Morgan fingerprint density at radius 3 is 3.00 bits per heavy atom. The number of nitrogens with one attached hydrogen (secondary N) is 1. The summed E-state index contributed by atoms with van der Waals surface area (Å²) in [5.41, 5.74) is 0. The quantitative estimate of drug-likeness (QED) is 0.910. The zero-order chi connectivity index (χ0) is 14.5. The summed E-state index contributed by atoms with van der Waals surface area (Å²) in [5, 5.41) is 2.80. The van der Waals surface area contributed by atoms with Crippen LogP contribution in [0.2, 0.25) is 0 Å². The molecule has 0 saturated carbocycles. The third-order valence-corrected chi connectivity index (χ3v) is 3.31. The Balaban J connectivity index is 1.87. The number of rotatable bonds is 5. The van der Waals surface area contributed by atoms with Crippen molar-refractivity contribution in [3.63, 3.8) is 0 Å². The highest BCUT2D eigenvalue weighted by Crippen LogP contribution is 2.18. The SMILES string of the molecule is CC(Oc1cccc(Br)c1)C(=O)NCc1nccn1C. The molecule has 1 unspecified atom stereocenters. The van der Waals surface area contributed by atoms with Crippen LogP contribution in [0, 0.1) is 0 Å². The minimum absolute atomic E-state index is 0.173. The van der Waals surface area contributed by atoms with Crippen LogP contribution in [0.15, 0.2) is 41.1 Å². The van der Waals surface area contributed by atoms with Crippen LogP contribution < -0.4 is 10.1 Å². The highest BCUT2D eigenvalue weighted by Gasteiger charge is 2.15. The lowest BCUT2D eigenvalue weighted by Gasteiger charge is -2.14. The highest BCUT2D eigenvalue weighted by atomic mass is 79.9. The zero-order valence-corrected chi connectivity index (χ0v) is 12.9. The van der Waals surface area contributed by atoms with Gasteiger partial charge in [0.25, 0.3) is 5.91 Å². The Kier molecular flexibility index (Phi) is 4.79. The average molecular weight is 338 g/mol. The maximum Gasteiger partial charge on any atom is 0.261 e. The molecule has 5 nitrogen and oxygen atoms in total. The van der Waals surface area contributed by atoms with Crippen molar-refractivity contribution in [1.29, 1.82) is 0 Å². The number of carbonyl (C=O) groups is 1. The van der Waals surface area contributed by atoms with Gasteiger partial charge < -0.3 is 14.6 Å². The minimum Gasteiger partial charge on any atom is -0.481 e. The van der Waals surface area contributed by atoms with Crippen molar-refractivity contribution in [3.8, 4) is 5.75 Å². The molecule has 106 valence electrons. The first-order valence-electron chi connectivity index (χ1n) is 6.22. The fourth-order valence-corrected chi connectivity index (χ4v) is 2.05. The van der Waals surface area contributed by atoms with Gasteiger partial charge in [0.2, 0.25) is 0 Å². The van der Waals surface area contributed by atoms with Gasteiger partial charge in [0, 0.05) is 23.9 Å². The van der Waals surface area contributed by atoms with Gasteiger partial charge in [0.15, 0.2) is 6.10 Å². The summed E-state index contributed by atoms with van der Waals surface area (Å²) in [6, 6.07) is 7.40. The van der Waals surface area contributed by atoms with E-state index < -0.39 is 6.10 Å². The number of aryl methyl sites for hydroxylation is 1. The van der Waals surface area contributed by atoms with Crippen molar-refractivity contribution in [2.45, 2.75) is 19.6 Å². The van der Waals surface area contributed by atoms with Crippen molar-refractivity contribution in [2.75, 3.05) is 0 Å². The molecule has 6 heteroatoms. The Hall–Kier alpha value is -1.82. The molecule has 0 saturated heterocycles. The number of imidazole rings is 1. The second-order valence-corrected chi connectivity index (χ2v) is 5.31. The van der Waals surface area contributed by atoms with Crippen LogP contribution in [0.3, 0.4) is 0 Å². The highest BCUT2D eigenvalue weighted by molar-refractivity contribution is 9.10. The van der Waals surface area contributed by atoms with Gasteiger partial charge in [0.1, 0.15) is 11.6 Å². The number of aromatic nitrogens is 2. The number of hydrogen-bond acceptors (Lipinski definition) is 3. The first-order chi connectivity index (χ1) is 9.56. The van der Waals surface area contributed by atoms with Crippen LogP contribution in [-0.2, 0) is 18.4 Å². The van der Waals surface area contributed by atoms with Gasteiger partial charge in [-0.1, -0.05) is 22.0 Å². The first-order valence-corrected chi connectivity index (χ1v) is 7.01. The molecule has 0 aliphatic heterocycles. The third kappa shape index (κ3) is 3.84. The number of hydrogen-bond donors (Lipinski definition) is 1. The van der Waals surface area contributed by atoms with Crippen LogP contribution >= 0.6 is 15.9 Å². The maximum absolute atomic E-state index is 12.0. The fraction of sp³-hybridized carbons (Fsp3) is 0.286. The van der Waals surface area contributed by atoms with Crippen molar-refractivity contribution in [3.05, 3.63) is 47.0 Å². The zero-order valence-electron chi connectivity index (χ0n) is 11.3. The molecule has 0 bridgehead atoms. The van der Waals surface area contributed by atoms with Gasteiger partial charge in [-0.2, -0.15) is 0 Å². The molecule has 1 aromatic carbocycles. The predicted octanol–water partition coefficient (Wildman–Crippen LogP) is 2.27. The van der Waals surface area contributed by atoms with E-state index in [2.05, 4.69) is 26.2 Å². The molecular weight excluding hydrogens is 322 g/mol. The number of amides is 1. The van der Waals surface area contributed by atoms with Crippen LogP contribution in [0.25, 0.3) is 0 Å². The third-order valence-electron chi connectivity index (χ3n) is 2.82. The second-order valence-electron chi connectivity index (χ2n) is 4.39. The van der Waals surface area contributed by atoms with Crippen molar-refractivity contribution in [1.82, 2.24) is 14.9 Å². The monoisotopic (exact) mass is 337 g/mol. The fourth-order valence-electron chi connectivity index (χ4n) is 1.67. The van der Waals surface area contributed by atoms with E-state index in [1.165, 1.54) is 0 Å². The van der Waals surface area contributed by atoms with Crippen LogP contribution in [0.5, 0.6) is 5.75 Å². The summed E-state index contributed by atoms with van der Waals surface area (Å²) in [6.07, 6.45) is 2.97. The van der Waals surface area contributed by atoms with E-state index in [-0.39, 0.29) is 5.91 Å². The molecule has 0 spiro atoms. The van der Waals surface area contributed by atoms with Crippen LogP contribution in [0.1, 0.15) is 12.7 Å². The van der Waals surface area contributed by atoms with Crippen molar-refractivity contribution >= 4 is 21.8 Å². The molecule has 1 N–H and O–H groups in total. The van der Waals surface area contributed by atoms with Crippen molar-refractivity contribution < 1.29 is 9.53 Å². The Morgan fingerprint density at radius 2 is 2.35 bits per heavy atom. The summed E-state index contributed by atoms with van der Waals surface area (Å²) >= 11 is 3.36. The lowest BCUT2D eigenvalue weighted by molar-refractivity contribution is -0.127. The van der Waals surface area contributed by atoms with Gasteiger partial charge in [-0.05, 0) is 25.1 Å². The van der Waals surface area contributed by atoms with Gasteiger partial charge in [-0.3, -0.25) is 4.79 Å². The lowest BCUT2D eigenvalue weighted by atomic mass is 10.3. The molecule has 20 heavy (non-hydrogen) atoms. The Bertz CT molecular complexity index is 598. The smallest absolute Gasteiger partial charge is 0.261 e. The Labute approximate surface area is 126 Å². The van der Waals surface area contributed by atoms with E-state index >= 15 is 0 Å². The molecule has 1 heterocycles. The molecule has 1 amide bonds. The Morgan fingerprint density at radius 1 is 1.55 bits per heavy atom. The number of halogens is 1. The van der Waals surface area contributed by atoms with E-state index in [1.807, 2.05) is 42.1 Å². The molecule has 1 atom stereocenters. The summed E-state index contributed by atoms with van der Waals surface area (Å²) in [4.78, 5) is 16.1. The topological polar surface area (TPSA) is 56.1 Å². The molecule has 0 radical (unpaired) electrons. The van der Waals surface area contributed by atoms with E-state index in [1.54, 1.807) is 13.1 Å². The van der Waals surface area contributed by atoms with Gasteiger partial charge in [-0.15, -0.1) is 0 Å². The molecule has 0 aliphatic rings. The predicted molar refractivity (Wildman–Crippen MR) is 79.3 cm³/mol. The van der Waals surface area contributed by atoms with Crippen LogP contribution in [0.4, 0.5) is 0 Å². The normalized spacial score (nSPS) is 11.9. The van der Waals surface area contributed by atoms with E-state index in [0.29, 0.717) is 12.3 Å². The maximum atomic E-state index is 12.0. The summed E-state index contributed by atoms with van der Waals surface area (Å²) in [7, 11) is 1.88. The number of carbonyl (C=O) groups excluding carboxylic acids is 1. The largest absolute Gasteiger partial charge is 0.481 e. The average Bonchev–Trinajstić information content (AvgIpc) is 2.81. The molecular formula is C14H16BrN3O2. The lowest BCUT2D eigenvalue weighted by Crippen LogP contribution is -2.36. The van der Waals surface area contributed by atoms with E-state index in [9.17, 15) is 4.79 Å². The number of nitrogens with zero attached hydrogens (tertiary/aromatic N) is 2. The minimum atomic E-state index is -0.565. The van der Waals surface area contributed by atoms with E-state index in [4.69, 9.17) is 4.74 Å². The number of benzene rings is 1. The van der Waals surface area contributed by atoms with Crippen LogP contribution in [-0.4, -0.2) is 21.6 Å². The molecule has 2 aromatic rings. The molecule has 1 aromatic heterocycles. The first kappa shape index (κ1) is 14.6.